The first kappa shape index (κ1) is 21.6. The largest absolute Gasteiger partial charge is 0.207 e. The predicted octanol–water partition coefficient (Wildman–Crippen LogP) is 8.88. The molecule has 0 bridgehead atoms. The minimum atomic E-state index is -0.114. The van der Waals surface area contributed by atoms with Gasteiger partial charge in [-0.05, 0) is 85.0 Å². The van der Waals surface area contributed by atoms with Crippen LogP contribution >= 0.6 is 0 Å². The van der Waals surface area contributed by atoms with E-state index in [0.717, 1.165) is 17.8 Å². The summed E-state index contributed by atoms with van der Waals surface area (Å²) in [5.41, 5.74) is 2.86. The van der Waals surface area contributed by atoms with Gasteiger partial charge in [0.1, 0.15) is 5.82 Å². The zero-order valence-corrected chi connectivity index (χ0v) is 18.7. The van der Waals surface area contributed by atoms with Crippen LogP contribution in [0.1, 0.15) is 101 Å². The number of rotatable bonds is 7. The lowest BCUT2D eigenvalue weighted by Gasteiger charge is -2.33. The Balaban J connectivity index is 1.13. The molecular formula is C29H39F. The van der Waals surface area contributed by atoms with E-state index in [2.05, 4.69) is 37.3 Å². The smallest absolute Gasteiger partial charge is 0.123 e. The lowest BCUT2D eigenvalue weighted by atomic mass is 9.73. The first-order valence-corrected chi connectivity index (χ1v) is 12.5. The molecule has 4 rings (SSSR count). The molecule has 2 aliphatic carbocycles. The Morgan fingerprint density at radius 2 is 1.23 bits per heavy atom. The fraction of sp³-hybridized carbons (Fsp3) is 0.586. The van der Waals surface area contributed by atoms with Crippen molar-refractivity contribution in [1.82, 2.24) is 0 Å². The molecule has 0 aliphatic heterocycles. The summed E-state index contributed by atoms with van der Waals surface area (Å²) < 4.78 is 13.2. The maximum Gasteiger partial charge on any atom is 0.123 e. The zero-order chi connectivity index (χ0) is 20.8. The summed E-state index contributed by atoms with van der Waals surface area (Å²) in [6.07, 6.45) is 15.4. The van der Waals surface area contributed by atoms with E-state index in [1.165, 1.54) is 81.8 Å². The van der Waals surface area contributed by atoms with Crippen LogP contribution in [0, 0.1) is 23.6 Å². The third kappa shape index (κ3) is 5.96. The van der Waals surface area contributed by atoms with E-state index in [1.54, 1.807) is 12.1 Å². The molecule has 2 aromatic carbocycles. The summed E-state index contributed by atoms with van der Waals surface area (Å²) in [6, 6.07) is 18.3. The molecular weight excluding hydrogens is 367 g/mol. The molecule has 0 unspecified atom stereocenters. The summed E-state index contributed by atoms with van der Waals surface area (Å²) in [5, 5.41) is 0. The summed E-state index contributed by atoms with van der Waals surface area (Å²) in [4.78, 5) is 0. The molecule has 0 radical (unpaired) electrons. The summed E-state index contributed by atoms with van der Waals surface area (Å²) in [7, 11) is 0. The second-order valence-corrected chi connectivity index (χ2v) is 10.3. The van der Waals surface area contributed by atoms with Crippen molar-refractivity contribution in [3.05, 3.63) is 71.5 Å². The third-order valence-corrected chi connectivity index (χ3v) is 8.19. The van der Waals surface area contributed by atoms with Gasteiger partial charge in [0.2, 0.25) is 0 Å². The van der Waals surface area contributed by atoms with Crippen molar-refractivity contribution >= 4 is 0 Å². The molecule has 0 amide bonds. The lowest BCUT2D eigenvalue weighted by Crippen LogP contribution is -2.18. The van der Waals surface area contributed by atoms with Crippen molar-refractivity contribution in [2.45, 2.75) is 89.4 Å². The van der Waals surface area contributed by atoms with Crippen LogP contribution < -0.4 is 0 Å². The van der Waals surface area contributed by atoms with E-state index in [1.807, 2.05) is 12.1 Å². The van der Waals surface area contributed by atoms with E-state index in [4.69, 9.17) is 0 Å². The van der Waals surface area contributed by atoms with E-state index in [-0.39, 0.29) is 5.82 Å². The van der Waals surface area contributed by atoms with Crippen molar-refractivity contribution in [3.63, 3.8) is 0 Å². The molecule has 0 nitrogen and oxygen atoms in total. The Morgan fingerprint density at radius 1 is 0.700 bits per heavy atom. The van der Waals surface area contributed by atoms with Gasteiger partial charge in [0.05, 0.1) is 0 Å². The molecule has 2 saturated carbocycles. The van der Waals surface area contributed by atoms with Gasteiger partial charge in [-0.3, -0.25) is 0 Å². The quantitative estimate of drug-likeness (QED) is 0.430. The zero-order valence-electron chi connectivity index (χ0n) is 18.7. The number of hydrogen-bond donors (Lipinski definition) is 0. The molecule has 1 heteroatoms. The Labute approximate surface area is 183 Å². The normalized spacial score (nSPS) is 28.2. The molecule has 2 aromatic rings. The Bertz CT molecular complexity index is 734. The van der Waals surface area contributed by atoms with Gasteiger partial charge < -0.3 is 0 Å². The second-order valence-electron chi connectivity index (χ2n) is 10.3. The highest BCUT2D eigenvalue weighted by Gasteiger charge is 2.26. The molecule has 2 fully saturated rings. The van der Waals surface area contributed by atoms with Crippen molar-refractivity contribution in [3.8, 4) is 0 Å². The summed E-state index contributed by atoms with van der Waals surface area (Å²) in [6.45, 7) is 2.41. The van der Waals surface area contributed by atoms with Crippen LogP contribution in [0.3, 0.4) is 0 Å². The van der Waals surface area contributed by atoms with E-state index < -0.39 is 0 Å². The number of benzene rings is 2. The van der Waals surface area contributed by atoms with Gasteiger partial charge in [-0.2, -0.15) is 0 Å². The highest BCUT2D eigenvalue weighted by Crippen LogP contribution is 2.41. The van der Waals surface area contributed by atoms with Crippen molar-refractivity contribution in [1.29, 1.82) is 0 Å². The van der Waals surface area contributed by atoms with Crippen molar-refractivity contribution < 1.29 is 4.39 Å². The highest BCUT2D eigenvalue weighted by atomic mass is 19.1. The summed E-state index contributed by atoms with van der Waals surface area (Å²) >= 11 is 0. The number of hydrogen-bond acceptors (Lipinski definition) is 0. The van der Waals surface area contributed by atoms with Gasteiger partial charge >= 0.3 is 0 Å². The van der Waals surface area contributed by atoms with E-state index >= 15 is 0 Å². The van der Waals surface area contributed by atoms with Crippen LogP contribution in [0.25, 0.3) is 0 Å². The fourth-order valence-electron chi connectivity index (χ4n) is 6.16. The second kappa shape index (κ2) is 10.6. The van der Waals surface area contributed by atoms with Crippen LogP contribution in [0.2, 0.25) is 0 Å². The van der Waals surface area contributed by atoms with Gasteiger partial charge in [0.25, 0.3) is 0 Å². The van der Waals surface area contributed by atoms with Crippen molar-refractivity contribution in [2.24, 2.45) is 17.8 Å². The standard InChI is InChI=1S/C29H39F/c1-22(26-5-3-2-4-6-26)21-25-11-9-23(10-12-25)7-8-24-13-15-27(16-14-24)28-17-19-29(30)20-18-28/h2-6,17-20,22-25,27H,7-16,21H2,1H3/t22-,23?,24?,25?,27?/m0/s1. The van der Waals surface area contributed by atoms with E-state index in [0.29, 0.717) is 11.8 Å². The van der Waals surface area contributed by atoms with Gasteiger partial charge in [-0.15, -0.1) is 0 Å². The molecule has 2 aliphatic rings. The Morgan fingerprint density at radius 3 is 1.83 bits per heavy atom. The average molecular weight is 407 g/mol. The maximum atomic E-state index is 13.2. The topological polar surface area (TPSA) is 0 Å². The lowest BCUT2D eigenvalue weighted by molar-refractivity contribution is 0.220. The SMILES string of the molecule is C[C@@H](CC1CCC(CCC2CCC(c3ccc(F)cc3)CC2)CC1)c1ccccc1. The summed E-state index contributed by atoms with van der Waals surface area (Å²) in [5.74, 6) is 4.08. The first-order valence-electron chi connectivity index (χ1n) is 12.5. The molecule has 162 valence electrons. The van der Waals surface area contributed by atoms with Crippen LogP contribution in [-0.4, -0.2) is 0 Å². The maximum absolute atomic E-state index is 13.2. The van der Waals surface area contributed by atoms with Gasteiger partial charge in [0, 0.05) is 0 Å². The monoisotopic (exact) mass is 406 g/mol. The Hall–Kier alpha value is -1.63. The van der Waals surface area contributed by atoms with Gasteiger partial charge in [-0.1, -0.05) is 87.9 Å². The Kier molecular flexibility index (Phi) is 7.63. The molecule has 1 atom stereocenters. The van der Waals surface area contributed by atoms with Crippen LogP contribution in [0.15, 0.2) is 54.6 Å². The average Bonchev–Trinajstić information content (AvgIpc) is 2.80. The van der Waals surface area contributed by atoms with Crippen molar-refractivity contribution in [2.75, 3.05) is 0 Å². The van der Waals surface area contributed by atoms with E-state index in [9.17, 15) is 4.39 Å². The molecule has 0 N–H and O–H groups in total. The third-order valence-electron chi connectivity index (χ3n) is 8.19. The van der Waals surface area contributed by atoms with Crippen LogP contribution in [0.4, 0.5) is 4.39 Å². The molecule has 0 spiro atoms. The molecule has 0 heterocycles. The number of halogens is 1. The molecule has 0 aromatic heterocycles. The van der Waals surface area contributed by atoms with Gasteiger partial charge in [0.15, 0.2) is 0 Å². The van der Waals surface area contributed by atoms with Crippen LogP contribution in [0.5, 0.6) is 0 Å². The minimum absolute atomic E-state index is 0.114. The van der Waals surface area contributed by atoms with Gasteiger partial charge in [-0.25, -0.2) is 4.39 Å². The predicted molar refractivity (Wildman–Crippen MR) is 125 cm³/mol. The highest BCUT2D eigenvalue weighted by molar-refractivity contribution is 5.21. The molecule has 30 heavy (non-hydrogen) atoms. The first-order chi connectivity index (χ1) is 14.7. The minimum Gasteiger partial charge on any atom is -0.207 e. The molecule has 0 saturated heterocycles. The fourth-order valence-corrected chi connectivity index (χ4v) is 6.16. The van der Waals surface area contributed by atoms with Crippen LogP contribution in [-0.2, 0) is 0 Å².